The van der Waals surface area contributed by atoms with Crippen LogP contribution in [0, 0.1) is 0 Å². The number of halogens is 3. The van der Waals surface area contributed by atoms with Crippen LogP contribution in [0.15, 0.2) is 42.5 Å². The highest BCUT2D eigenvalue weighted by molar-refractivity contribution is 5.89. The lowest BCUT2D eigenvalue weighted by atomic mass is 9.92. The largest absolute Gasteiger partial charge is 0.493 e. The highest BCUT2D eigenvalue weighted by Gasteiger charge is 2.31. The molecular formula is C19H17F3O3. The summed E-state index contributed by atoms with van der Waals surface area (Å²) in [6, 6.07) is 10.6. The quantitative estimate of drug-likeness (QED) is 0.743. The molecule has 132 valence electrons. The Bertz CT molecular complexity index is 784. The zero-order valence-electron chi connectivity index (χ0n) is 13.6. The third kappa shape index (κ3) is 3.78. The van der Waals surface area contributed by atoms with E-state index in [0.717, 1.165) is 17.7 Å². The summed E-state index contributed by atoms with van der Waals surface area (Å²) in [7, 11) is 1.32. The number of carbonyl (C=O) groups is 1. The Labute approximate surface area is 143 Å². The fourth-order valence-corrected chi connectivity index (χ4v) is 3.00. The first-order valence-corrected chi connectivity index (χ1v) is 7.89. The van der Waals surface area contributed by atoms with Gasteiger partial charge in [-0.3, -0.25) is 0 Å². The van der Waals surface area contributed by atoms with E-state index < -0.39 is 17.7 Å². The number of esters is 1. The molecule has 0 spiro atoms. The summed E-state index contributed by atoms with van der Waals surface area (Å²) >= 11 is 0. The molecule has 0 saturated heterocycles. The van der Waals surface area contributed by atoms with Gasteiger partial charge in [0.15, 0.2) is 0 Å². The predicted octanol–water partition coefficient (Wildman–Crippen LogP) is 4.60. The van der Waals surface area contributed by atoms with Gasteiger partial charge in [-0.2, -0.15) is 13.2 Å². The van der Waals surface area contributed by atoms with E-state index in [4.69, 9.17) is 9.47 Å². The second-order valence-electron chi connectivity index (χ2n) is 5.98. The van der Waals surface area contributed by atoms with Crippen molar-refractivity contribution < 1.29 is 27.4 Å². The highest BCUT2D eigenvalue weighted by atomic mass is 19.4. The van der Waals surface area contributed by atoms with Crippen molar-refractivity contribution in [1.29, 1.82) is 0 Å². The SMILES string of the molecule is COC(=O)c1cccc(C2CCc3cc(C(F)(F)F)ccc3OC2)c1. The van der Waals surface area contributed by atoms with Crippen molar-refractivity contribution in [3.05, 3.63) is 64.7 Å². The molecule has 0 aliphatic carbocycles. The maximum absolute atomic E-state index is 12.9. The Balaban J connectivity index is 1.81. The van der Waals surface area contributed by atoms with E-state index in [1.165, 1.54) is 13.2 Å². The molecule has 2 aromatic carbocycles. The third-order valence-electron chi connectivity index (χ3n) is 4.37. The summed E-state index contributed by atoms with van der Waals surface area (Å²) < 4.78 is 49.1. The first-order valence-electron chi connectivity index (χ1n) is 7.89. The molecule has 1 unspecified atom stereocenters. The van der Waals surface area contributed by atoms with E-state index in [2.05, 4.69) is 0 Å². The maximum atomic E-state index is 12.9. The second-order valence-corrected chi connectivity index (χ2v) is 5.98. The minimum absolute atomic E-state index is 0.00802. The molecule has 2 aromatic rings. The van der Waals surface area contributed by atoms with E-state index in [0.29, 0.717) is 36.3 Å². The molecule has 1 atom stereocenters. The number of benzene rings is 2. The molecular weight excluding hydrogens is 333 g/mol. The second kappa shape index (κ2) is 6.78. The van der Waals surface area contributed by atoms with E-state index >= 15 is 0 Å². The Morgan fingerprint density at radius 2 is 2.00 bits per heavy atom. The zero-order valence-corrected chi connectivity index (χ0v) is 13.6. The van der Waals surface area contributed by atoms with Gasteiger partial charge < -0.3 is 9.47 Å². The van der Waals surface area contributed by atoms with Crippen molar-refractivity contribution in [3.8, 4) is 5.75 Å². The molecule has 0 saturated carbocycles. The number of hydrogen-bond acceptors (Lipinski definition) is 3. The molecule has 0 aromatic heterocycles. The van der Waals surface area contributed by atoms with Gasteiger partial charge in [0.05, 0.1) is 24.8 Å². The molecule has 3 nitrogen and oxygen atoms in total. The van der Waals surface area contributed by atoms with Gasteiger partial charge in [0, 0.05) is 5.92 Å². The fourth-order valence-electron chi connectivity index (χ4n) is 3.00. The Morgan fingerprint density at radius 3 is 2.72 bits per heavy atom. The first-order chi connectivity index (χ1) is 11.9. The number of fused-ring (bicyclic) bond motifs is 1. The van der Waals surface area contributed by atoms with Gasteiger partial charge in [-0.15, -0.1) is 0 Å². The normalized spacial score (nSPS) is 17.2. The number of rotatable bonds is 2. The van der Waals surface area contributed by atoms with Gasteiger partial charge in [0.2, 0.25) is 0 Å². The predicted molar refractivity (Wildman–Crippen MR) is 85.8 cm³/mol. The maximum Gasteiger partial charge on any atom is 0.416 e. The monoisotopic (exact) mass is 350 g/mol. The van der Waals surface area contributed by atoms with Crippen molar-refractivity contribution in [1.82, 2.24) is 0 Å². The highest BCUT2D eigenvalue weighted by Crippen LogP contribution is 2.36. The van der Waals surface area contributed by atoms with Crippen LogP contribution in [0.4, 0.5) is 13.2 Å². The number of methoxy groups -OCH3 is 1. The fraction of sp³-hybridized carbons (Fsp3) is 0.316. The zero-order chi connectivity index (χ0) is 18.0. The summed E-state index contributed by atoms with van der Waals surface area (Å²) in [6.07, 6.45) is -3.25. The number of hydrogen-bond donors (Lipinski definition) is 0. The van der Waals surface area contributed by atoms with E-state index in [1.54, 1.807) is 18.2 Å². The van der Waals surface area contributed by atoms with Crippen LogP contribution in [-0.2, 0) is 17.3 Å². The van der Waals surface area contributed by atoms with Crippen molar-refractivity contribution in [2.75, 3.05) is 13.7 Å². The average Bonchev–Trinajstić information content (AvgIpc) is 2.82. The molecule has 0 radical (unpaired) electrons. The van der Waals surface area contributed by atoms with Crippen LogP contribution >= 0.6 is 0 Å². The van der Waals surface area contributed by atoms with E-state index in [9.17, 15) is 18.0 Å². The van der Waals surface area contributed by atoms with Gasteiger partial charge in [-0.05, 0) is 54.3 Å². The van der Waals surface area contributed by atoms with Crippen LogP contribution in [0.25, 0.3) is 0 Å². The standard InChI is InChI=1S/C19H17F3O3/c1-24-18(23)14-4-2-3-12(9-14)15-6-5-13-10-16(19(20,21)22)7-8-17(13)25-11-15/h2-4,7-10,15H,5-6,11H2,1H3. The van der Waals surface area contributed by atoms with E-state index in [1.807, 2.05) is 6.07 Å². The lowest BCUT2D eigenvalue weighted by Crippen LogP contribution is -2.10. The van der Waals surface area contributed by atoms with Gasteiger partial charge in [0.1, 0.15) is 5.75 Å². The number of carbonyl (C=O) groups excluding carboxylic acids is 1. The summed E-state index contributed by atoms with van der Waals surface area (Å²) in [4.78, 5) is 11.7. The minimum atomic E-state index is -4.37. The lowest BCUT2D eigenvalue weighted by Gasteiger charge is -2.15. The first kappa shape index (κ1) is 17.3. The van der Waals surface area contributed by atoms with Crippen molar-refractivity contribution >= 4 is 5.97 Å². The molecule has 1 aliphatic rings. The molecule has 0 N–H and O–H groups in total. The lowest BCUT2D eigenvalue weighted by molar-refractivity contribution is -0.137. The topological polar surface area (TPSA) is 35.5 Å². The molecule has 25 heavy (non-hydrogen) atoms. The molecule has 1 aliphatic heterocycles. The molecule has 1 heterocycles. The van der Waals surface area contributed by atoms with Crippen LogP contribution in [0.5, 0.6) is 5.75 Å². The average molecular weight is 350 g/mol. The Kier molecular flexibility index (Phi) is 4.70. The Hall–Kier alpha value is -2.50. The molecule has 0 amide bonds. The summed E-state index contributed by atoms with van der Waals surface area (Å²) in [5.41, 5.74) is 1.25. The van der Waals surface area contributed by atoms with Crippen LogP contribution in [0.2, 0.25) is 0 Å². The molecule has 3 rings (SSSR count). The molecule has 0 bridgehead atoms. The van der Waals surface area contributed by atoms with Crippen molar-refractivity contribution in [3.63, 3.8) is 0 Å². The Morgan fingerprint density at radius 1 is 1.20 bits per heavy atom. The summed E-state index contributed by atoms with van der Waals surface area (Å²) in [5, 5.41) is 0. The van der Waals surface area contributed by atoms with Crippen LogP contribution in [-0.4, -0.2) is 19.7 Å². The summed E-state index contributed by atoms with van der Waals surface area (Å²) in [5.74, 6) is 0.0560. The van der Waals surface area contributed by atoms with Crippen molar-refractivity contribution in [2.24, 2.45) is 0 Å². The molecule has 6 heteroatoms. The van der Waals surface area contributed by atoms with Crippen LogP contribution < -0.4 is 4.74 Å². The number of ether oxygens (including phenoxy) is 2. The van der Waals surface area contributed by atoms with Gasteiger partial charge >= 0.3 is 12.1 Å². The number of alkyl halides is 3. The summed E-state index contributed by atoms with van der Waals surface area (Å²) in [6.45, 7) is 0.350. The van der Waals surface area contributed by atoms with Crippen LogP contribution in [0.3, 0.4) is 0 Å². The van der Waals surface area contributed by atoms with Gasteiger partial charge in [-0.25, -0.2) is 4.79 Å². The van der Waals surface area contributed by atoms with Gasteiger partial charge in [-0.1, -0.05) is 12.1 Å². The van der Waals surface area contributed by atoms with E-state index in [-0.39, 0.29) is 5.92 Å². The molecule has 0 fully saturated rings. The smallest absolute Gasteiger partial charge is 0.416 e. The third-order valence-corrected chi connectivity index (χ3v) is 4.37. The van der Waals surface area contributed by atoms with Crippen LogP contribution in [0.1, 0.15) is 39.4 Å². The minimum Gasteiger partial charge on any atom is -0.493 e. The van der Waals surface area contributed by atoms with Crippen molar-refractivity contribution in [2.45, 2.75) is 24.9 Å². The van der Waals surface area contributed by atoms with Gasteiger partial charge in [0.25, 0.3) is 0 Å². The number of aryl methyl sites for hydroxylation is 1.